The fourth-order valence-electron chi connectivity index (χ4n) is 3.48. The lowest BCUT2D eigenvalue weighted by Crippen LogP contribution is -2.37. The topological polar surface area (TPSA) is 41.1 Å². The maximum Gasteiger partial charge on any atom is 0.251 e. The Morgan fingerprint density at radius 3 is 2.90 bits per heavy atom. The molecule has 2 aliphatic rings. The van der Waals surface area contributed by atoms with Crippen LogP contribution in [-0.2, 0) is 6.42 Å². The molecule has 0 spiro atoms. The second-order valence-electron chi connectivity index (χ2n) is 6.21. The third-order valence-electron chi connectivity index (χ3n) is 4.77. The molecule has 0 saturated heterocycles. The van der Waals surface area contributed by atoms with Crippen molar-refractivity contribution in [2.24, 2.45) is 5.92 Å². The van der Waals surface area contributed by atoms with Crippen molar-refractivity contribution in [2.45, 2.75) is 51.5 Å². The van der Waals surface area contributed by atoms with Crippen LogP contribution in [0.3, 0.4) is 0 Å². The number of aryl methyl sites for hydroxylation is 1. The van der Waals surface area contributed by atoms with Gasteiger partial charge in [-0.1, -0.05) is 12.8 Å². The van der Waals surface area contributed by atoms with E-state index < -0.39 is 0 Å². The first-order valence-electron chi connectivity index (χ1n) is 7.92. The Kier molecular flexibility index (Phi) is 3.95. The Morgan fingerprint density at radius 2 is 2.10 bits per heavy atom. The van der Waals surface area contributed by atoms with Gasteiger partial charge in [-0.05, 0) is 62.3 Å². The zero-order valence-electron chi connectivity index (χ0n) is 12.2. The first kappa shape index (κ1) is 13.5. The fourth-order valence-corrected chi connectivity index (χ4v) is 3.48. The Bertz CT molecular complexity index is 492. The van der Waals surface area contributed by atoms with Crippen molar-refractivity contribution >= 4 is 11.6 Å². The average molecular weight is 272 g/mol. The van der Waals surface area contributed by atoms with Crippen molar-refractivity contribution in [1.29, 1.82) is 0 Å². The predicted octanol–water partition coefficient (Wildman–Crippen LogP) is 3.35. The lowest BCUT2D eigenvalue weighted by Gasteiger charge is -2.22. The summed E-state index contributed by atoms with van der Waals surface area (Å²) in [7, 11) is 0. The summed E-state index contributed by atoms with van der Waals surface area (Å²) >= 11 is 0. The number of amides is 1. The van der Waals surface area contributed by atoms with Gasteiger partial charge in [-0.25, -0.2) is 0 Å². The summed E-state index contributed by atoms with van der Waals surface area (Å²) in [6, 6.07) is 6.33. The number of benzene rings is 1. The largest absolute Gasteiger partial charge is 0.385 e. The van der Waals surface area contributed by atoms with Gasteiger partial charge in [0.25, 0.3) is 5.91 Å². The summed E-state index contributed by atoms with van der Waals surface area (Å²) in [5, 5.41) is 6.57. The molecule has 1 heterocycles. The van der Waals surface area contributed by atoms with Gasteiger partial charge in [-0.15, -0.1) is 0 Å². The van der Waals surface area contributed by atoms with Crippen LogP contribution >= 0.6 is 0 Å². The van der Waals surface area contributed by atoms with Crippen LogP contribution in [0.2, 0.25) is 0 Å². The molecule has 1 aliphatic heterocycles. The van der Waals surface area contributed by atoms with E-state index in [0.29, 0.717) is 12.0 Å². The van der Waals surface area contributed by atoms with Crippen LogP contribution < -0.4 is 10.6 Å². The fraction of sp³-hybridized carbons (Fsp3) is 0.588. The van der Waals surface area contributed by atoms with Crippen molar-refractivity contribution in [2.75, 3.05) is 11.9 Å². The zero-order chi connectivity index (χ0) is 13.9. The molecule has 3 heteroatoms. The highest BCUT2D eigenvalue weighted by molar-refractivity contribution is 5.95. The van der Waals surface area contributed by atoms with Gasteiger partial charge < -0.3 is 10.6 Å². The van der Waals surface area contributed by atoms with Crippen molar-refractivity contribution in [3.63, 3.8) is 0 Å². The first-order valence-corrected chi connectivity index (χ1v) is 7.92. The second-order valence-corrected chi connectivity index (χ2v) is 6.21. The highest BCUT2D eigenvalue weighted by atomic mass is 16.1. The van der Waals surface area contributed by atoms with Crippen LogP contribution in [0, 0.1) is 5.92 Å². The lowest BCUT2D eigenvalue weighted by atomic mass is 9.98. The van der Waals surface area contributed by atoms with Gasteiger partial charge in [0.05, 0.1) is 0 Å². The number of hydrogen-bond donors (Lipinski definition) is 2. The van der Waals surface area contributed by atoms with Crippen LogP contribution in [0.15, 0.2) is 18.2 Å². The standard InChI is InChI=1S/C17H24N2O/c1-12(13-5-2-3-6-13)19-17(20)15-8-9-16-14(11-15)7-4-10-18-16/h8-9,11-13,18H,2-7,10H2,1H3,(H,19,20)/t12-/m0/s1. The Balaban J connectivity index is 1.67. The van der Waals surface area contributed by atoms with Gasteiger partial charge in [0.15, 0.2) is 0 Å². The molecule has 1 fully saturated rings. The molecule has 0 radical (unpaired) electrons. The average Bonchev–Trinajstić information content (AvgIpc) is 3.01. The van der Waals surface area contributed by atoms with E-state index in [9.17, 15) is 4.79 Å². The molecule has 1 amide bonds. The monoisotopic (exact) mass is 272 g/mol. The normalized spacial score (nSPS) is 20.1. The van der Waals surface area contributed by atoms with Crippen molar-refractivity contribution in [3.8, 4) is 0 Å². The van der Waals surface area contributed by atoms with Crippen LogP contribution in [0.4, 0.5) is 5.69 Å². The Morgan fingerprint density at radius 1 is 1.30 bits per heavy atom. The second kappa shape index (κ2) is 5.86. The molecule has 2 N–H and O–H groups in total. The molecule has 1 aromatic rings. The molecule has 0 unspecified atom stereocenters. The van der Waals surface area contributed by atoms with Gasteiger partial charge in [-0.2, -0.15) is 0 Å². The third-order valence-corrected chi connectivity index (χ3v) is 4.77. The first-order chi connectivity index (χ1) is 9.74. The minimum Gasteiger partial charge on any atom is -0.385 e. The molecule has 1 aromatic carbocycles. The minimum absolute atomic E-state index is 0.0813. The number of carbonyl (C=O) groups excluding carboxylic acids is 1. The molecular formula is C17H24N2O. The molecule has 0 aromatic heterocycles. The predicted molar refractivity (Wildman–Crippen MR) is 82.1 cm³/mol. The highest BCUT2D eigenvalue weighted by Gasteiger charge is 2.23. The molecule has 20 heavy (non-hydrogen) atoms. The number of anilines is 1. The molecule has 108 valence electrons. The van der Waals surface area contributed by atoms with Crippen molar-refractivity contribution in [1.82, 2.24) is 5.32 Å². The summed E-state index contributed by atoms with van der Waals surface area (Å²) in [4.78, 5) is 12.4. The molecule has 3 rings (SSSR count). The zero-order valence-corrected chi connectivity index (χ0v) is 12.2. The van der Waals surface area contributed by atoms with Crippen LogP contribution in [0.1, 0.15) is 54.9 Å². The van der Waals surface area contributed by atoms with E-state index in [-0.39, 0.29) is 5.91 Å². The van der Waals surface area contributed by atoms with E-state index in [0.717, 1.165) is 24.9 Å². The van der Waals surface area contributed by atoms with Crippen LogP contribution in [0.25, 0.3) is 0 Å². The molecular weight excluding hydrogens is 248 g/mol. The summed E-state index contributed by atoms with van der Waals surface area (Å²) in [5.74, 6) is 0.746. The van der Waals surface area contributed by atoms with E-state index in [1.165, 1.54) is 36.9 Å². The summed E-state index contributed by atoms with van der Waals surface area (Å²) in [6.07, 6.45) is 7.37. The van der Waals surface area contributed by atoms with Gasteiger partial charge in [0, 0.05) is 23.8 Å². The summed E-state index contributed by atoms with van der Waals surface area (Å²) in [5.41, 5.74) is 3.27. The van der Waals surface area contributed by atoms with E-state index >= 15 is 0 Å². The number of carbonyl (C=O) groups is 1. The van der Waals surface area contributed by atoms with Gasteiger partial charge >= 0.3 is 0 Å². The van der Waals surface area contributed by atoms with Crippen molar-refractivity contribution in [3.05, 3.63) is 29.3 Å². The van der Waals surface area contributed by atoms with Crippen molar-refractivity contribution < 1.29 is 4.79 Å². The van der Waals surface area contributed by atoms with Gasteiger partial charge in [0.2, 0.25) is 0 Å². The van der Waals surface area contributed by atoms with Crippen LogP contribution in [-0.4, -0.2) is 18.5 Å². The van der Waals surface area contributed by atoms with E-state index in [1.54, 1.807) is 0 Å². The third kappa shape index (κ3) is 2.82. The summed E-state index contributed by atoms with van der Waals surface area (Å²) < 4.78 is 0. The SMILES string of the molecule is C[C@H](NC(=O)c1ccc2c(c1)CCCN2)C1CCCC1. The number of nitrogens with one attached hydrogen (secondary N) is 2. The smallest absolute Gasteiger partial charge is 0.251 e. The molecule has 3 nitrogen and oxygen atoms in total. The van der Waals surface area contributed by atoms with Gasteiger partial charge in [0.1, 0.15) is 0 Å². The quantitative estimate of drug-likeness (QED) is 0.886. The molecule has 0 bridgehead atoms. The maximum absolute atomic E-state index is 12.4. The maximum atomic E-state index is 12.4. The molecule has 1 atom stereocenters. The van der Waals surface area contributed by atoms with E-state index in [4.69, 9.17) is 0 Å². The number of hydrogen-bond acceptors (Lipinski definition) is 2. The van der Waals surface area contributed by atoms with Gasteiger partial charge in [-0.3, -0.25) is 4.79 Å². The Hall–Kier alpha value is -1.51. The number of rotatable bonds is 3. The molecule has 1 aliphatic carbocycles. The van der Waals surface area contributed by atoms with E-state index in [2.05, 4.69) is 23.6 Å². The minimum atomic E-state index is 0.0813. The summed E-state index contributed by atoms with van der Waals surface area (Å²) in [6.45, 7) is 3.19. The van der Waals surface area contributed by atoms with Crippen LogP contribution in [0.5, 0.6) is 0 Å². The highest BCUT2D eigenvalue weighted by Crippen LogP contribution is 2.28. The Labute approximate surface area is 121 Å². The number of fused-ring (bicyclic) bond motifs is 1. The lowest BCUT2D eigenvalue weighted by molar-refractivity contribution is 0.0927. The molecule has 1 saturated carbocycles. The van der Waals surface area contributed by atoms with E-state index in [1.807, 2.05) is 12.1 Å².